The van der Waals surface area contributed by atoms with Crippen molar-refractivity contribution in [2.45, 2.75) is 12.5 Å². The lowest BCUT2D eigenvalue weighted by Gasteiger charge is -2.16. The van der Waals surface area contributed by atoms with Gasteiger partial charge in [0.05, 0.1) is 11.7 Å². The van der Waals surface area contributed by atoms with Crippen molar-refractivity contribution in [1.82, 2.24) is 15.4 Å². The molecule has 5 heteroatoms. The molecule has 0 radical (unpaired) electrons. The molecule has 2 aromatic rings. The fourth-order valence-corrected chi connectivity index (χ4v) is 2.17. The standard InChI is InChI=1S/C12H13BrN4/c13-10-2-1-5-16-12(10)11(17-14)8-9-3-6-15-7-4-9/h1-7,11,17H,8,14H2. The number of aromatic nitrogens is 2. The number of pyridine rings is 2. The maximum atomic E-state index is 5.60. The Balaban J connectivity index is 2.21. The Hall–Kier alpha value is -1.30. The molecule has 0 aromatic carbocycles. The fourth-order valence-electron chi connectivity index (χ4n) is 1.64. The SMILES string of the molecule is NNC(Cc1ccncc1)c1ncccc1Br. The van der Waals surface area contributed by atoms with Crippen LogP contribution in [-0.2, 0) is 6.42 Å². The number of rotatable bonds is 4. The van der Waals surface area contributed by atoms with E-state index < -0.39 is 0 Å². The maximum absolute atomic E-state index is 5.60. The lowest BCUT2D eigenvalue weighted by molar-refractivity contribution is 0.536. The van der Waals surface area contributed by atoms with Gasteiger partial charge in [-0.05, 0) is 52.2 Å². The first-order chi connectivity index (χ1) is 8.31. The quantitative estimate of drug-likeness (QED) is 0.668. The third-order valence-corrected chi connectivity index (χ3v) is 3.18. The zero-order chi connectivity index (χ0) is 12.1. The second-order valence-electron chi connectivity index (χ2n) is 3.65. The van der Waals surface area contributed by atoms with Crippen LogP contribution in [0.25, 0.3) is 0 Å². The molecule has 0 fully saturated rings. The van der Waals surface area contributed by atoms with Crippen LogP contribution in [0.1, 0.15) is 17.3 Å². The Morgan fingerprint density at radius 2 is 2.00 bits per heavy atom. The van der Waals surface area contributed by atoms with Crippen molar-refractivity contribution in [1.29, 1.82) is 0 Å². The van der Waals surface area contributed by atoms with Crippen molar-refractivity contribution in [2.75, 3.05) is 0 Å². The first-order valence-electron chi connectivity index (χ1n) is 5.26. The lowest BCUT2D eigenvalue weighted by Crippen LogP contribution is -2.30. The van der Waals surface area contributed by atoms with Crippen LogP contribution in [0.5, 0.6) is 0 Å². The van der Waals surface area contributed by atoms with Gasteiger partial charge in [-0.25, -0.2) is 0 Å². The van der Waals surface area contributed by atoms with Crippen LogP contribution in [0.3, 0.4) is 0 Å². The van der Waals surface area contributed by atoms with E-state index in [1.807, 2.05) is 24.3 Å². The second kappa shape index (κ2) is 5.86. The molecule has 0 amide bonds. The Morgan fingerprint density at radius 3 is 2.65 bits per heavy atom. The van der Waals surface area contributed by atoms with Crippen LogP contribution in [-0.4, -0.2) is 9.97 Å². The molecule has 2 rings (SSSR count). The summed E-state index contributed by atoms with van der Waals surface area (Å²) in [6.07, 6.45) is 6.08. The molecule has 1 atom stereocenters. The minimum Gasteiger partial charge on any atom is -0.271 e. The molecule has 2 heterocycles. The summed E-state index contributed by atoms with van der Waals surface area (Å²) < 4.78 is 0.956. The van der Waals surface area contributed by atoms with Gasteiger partial charge in [0.25, 0.3) is 0 Å². The van der Waals surface area contributed by atoms with E-state index >= 15 is 0 Å². The molecule has 17 heavy (non-hydrogen) atoms. The monoisotopic (exact) mass is 292 g/mol. The van der Waals surface area contributed by atoms with Gasteiger partial charge in [0, 0.05) is 23.1 Å². The smallest absolute Gasteiger partial charge is 0.0731 e. The van der Waals surface area contributed by atoms with Crippen molar-refractivity contribution in [3.05, 3.63) is 58.6 Å². The summed E-state index contributed by atoms with van der Waals surface area (Å²) in [7, 11) is 0. The summed E-state index contributed by atoms with van der Waals surface area (Å²) in [6, 6.07) is 7.77. The zero-order valence-corrected chi connectivity index (χ0v) is 10.8. The molecule has 0 bridgehead atoms. The Morgan fingerprint density at radius 1 is 1.24 bits per heavy atom. The second-order valence-corrected chi connectivity index (χ2v) is 4.50. The van der Waals surface area contributed by atoms with Gasteiger partial charge >= 0.3 is 0 Å². The molecular formula is C12H13BrN4. The highest BCUT2D eigenvalue weighted by atomic mass is 79.9. The van der Waals surface area contributed by atoms with E-state index in [-0.39, 0.29) is 6.04 Å². The Labute approximate surface area is 108 Å². The summed E-state index contributed by atoms with van der Waals surface area (Å²) in [5, 5.41) is 0. The average molecular weight is 293 g/mol. The molecular weight excluding hydrogens is 280 g/mol. The minimum atomic E-state index is -0.0204. The number of hydrogen-bond donors (Lipinski definition) is 2. The van der Waals surface area contributed by atoms with Crippen molar-refractivity contribution in [3.63, 3.8) is 0 Å². The average Bonchev–Trinajstić information content (AvgIpc) is 2.38. The summed E-state index contributed by atoms with van der Waals surface area (Å²) >= 11 is 3.48. The largest absolute Gasteiger partial charge is 0.271 e. The highest BCUT2D eigenvalue weighted by Gasteiger charge is 2.14. The summed E-state index contributed by atoms with van der Waals surface area (Å²) in [5.41, 5.74) is 4.87. The normalized spacial score (nSPS) is 12.4. The van der Waals surface area contributed by atoms with E-state index in [0.717, 1.165) is 16.6 Å². The first kappa shape index (κ1) is 12.2. The highest BCUT2D eigenvalue weighted by Crippen LogP contribution is 2.23. The summed E-state index contributed by atoms with van der Waals surface area (Å²) in [5.74, 6) is 5.60. The fraction of sp³-hybridized carbons (Fsp3) is 0.167. The van der Waals surface area contributed by atoms with Gasteiger partial charge in [0.1, 0.15) is 0 Å². The van der Waals surface area contributed by atoms with E-state index in [0.29, 0.717) is 0 Å². The minimum absolute atomic E-state index is 0.0204. The number of halogens is 1. The van der Waals surface area contributed by atoms with Crippen molar-refractivity contribution in [2.24, 2.45) is 5.84 Å². The first-order valence-corrected chi connectivity index (χ1v) is 6.06. The van der Waals surface area contributed by atoms with Crippen LogP contribution in [0, 0.1) is 0 Å². The Kier molecular flexibility index (Phi) is 4.19. The van der Waals surface area contributed by atoms with E-state index in [9.17, 15) is 0 Å². The lowest BCUT2D eigenvalue weighted by atomic mass is 10.0. The predicted octanol–water partition coefficient (Wildman–Crippen LogP) is 1.99. The van der Waals surface area contributed by atoms with E-state index in [2.05, 4.69) is 31.3 Å². The highest BCUT2D eigenvalue weighted by molar-refractivity contribution is 9.10. The van der Waals surface area contributed by atoms with Gasteiger partial charge in [0.15, 0.2) is 0 Å². The number of nitrogens with zero attached hydrogens (tertiary/aromatic N) is 2. The van der Waals surface area contributed by atoms with E-state index in [1.165, 1.54) is 5.56 Å². The molecule has 4 nitrogen and oxygen atoms in total. The third-order valence-electron chi connectivity index (χ3n) is 2.51. The van der Waals surface area contributed by atoms with Crippen LogP contribution >= 0.6 is 15.9 Å². The molecule has 0 aliphatic heterocycles. The number of nitrogens with one attached hydrogen (secondary N) is 1. The van der Waals surface area contributed by atoms with Crippen molar-refractivity contribution >= 4 is 15.9 Å². The van der Waals surface area contributed by atoms with E-state index in [4.69, 9.17) is 5.84 Å². The van der Waals surface area contributed by atoms with Gasteiger partial charge < -0.3 is 0 Å². The zero-order valence-electron chi connectivity index (χ0n) is 9.18. The van der Waals surface area contributed by atoms with Crippen molar-refractivity contribution < 1.29 is 0 Å². The third kappa shape index (κ3) is 3.09. The summed E-state index contributed by atoms with van der Waals surface area (Å²) in [6.45, 7) is 0. The van der Waals surface area contributed by atoms with Crippen LogP contribution in [0.2, 0.25) is 0 Å². The van der Waals surface area contributed by atoms with Gasteiger partial charge in [0.2, 0.25) is 0 Å². The molecule has 0 saturated carbocycles. The molecule has 2 aromatic heterocycles. The van der Waals surface area contributed by atoms with E-state index in [1.54, 1.807) is 18.6 Å². The molecule has 0 spiro atoms. The topological polar surface area (TPSA) is 63.8 Å². The Bertz CT molecular complexity index is 475. The molecule has 88 valence electrons. The van der Waals surface area contributed by atoms with Crippen LogP contribution in [0.15, 0.2) is 47.3 Å². The van der Waals surface area contributed by atoms with Crippen LogP contribution in [0.4, 0.5) is 0 Å². The molecule has 0 aliphatic rings. The molecule has 0 aliphatic carbocycles. The number of hydrogen-bond acceptors (Lipinski definition) is 4. The number of nitrogens with two attached hydrogens (primary N) is 1. The maximum Gasteiger partial charge on any atom is 0.0731 e. The van der Waals surface area contributed by atoms with Gasteiger partial charge in [-0.2, -0.15) is 0 Å². The van der Waals surface area contributed by atoms with Gasteiger partial charge in [-0.15, -0.1) is 0 Å². The van der Waals surface area contributed by atoms with Gasteiger partial charge in [-0.1, -0.05) is 0 Å². The molecule has 3 N–H and O–H groups in total. The predicted molar refractivity (Wildman–Crippen MR) is 69.9 cm³/mol. The summed E-state index contributed by atoms with van der Waals surface area (Å²) in [4.78, 5) is 8.33. The molecule has 0 saturated heterocycles. The van der Waals surface area contributed by atoms with Crippen LogP contribution < -0.4 is 11.3 Å². The van der Waals surface area contributed by atoms with Gasteiger partial charge in [-0.3, -0.25) is 21.2 Å². The number of hydrazine groups is 1. The molecule has 1 unspecified atom stereocenters. The van der Waals surface area contributed by atoms with Crippen molar-refractivity contribution in [3.8, 4) is 0 Å².